The standard InChI is InChI=1S/C16H22N2O2/c1-17-8-6-13-9-12(4-5-15(13)17)10-18-7-2-3-14(11-18)16(19)20/h4-5,9,14H,2-3,6-8,10-11H2,1H3,(H,19,20). The molecule has 2 heterocycles. The Balaban J connectivity index is 1.67. The fourth-order valence-corrected chi connectivity index (χ4v) is 3.38. The molecule has 1 atom stereocenters. The van der Waals surface area contributed by atoms with Crippen molar-refractivity contribution in [3.63, 3.8) is 0 Å². The summed E-state index contributed by atoms with van der Waals surface area (Å²) in [7, 11) is 2.13. The average molecular weight is 274 g/mol. The average Bonchev–Trinajstić information content (AvgIpc) is 2.80. The number of nitrogens with zero attached hydrogens (tertiary/aromatic N) is 2. The van der Waals surface area contributed by atoms with Gasteiger partial charge in [-0.25, -0.2) is 0 Å². The molecule has 2 aliphatic rings. The summed E-state index contributed by atoms with van der Waals surface area (Å²) in [5.74, 6) is -0.838. The van der Waals surface area contributed by atoms with E-state index in [1.54, 1.807) is 0 Å². The zero-order valence-electron chi connectivity index (χ0n) is 12.0. The van der Waals surface area contributed by atoms with Crippen molar-refractivity contribution in [1.82, 2.24) is 4.90 Å². The van der Waals surface area contributed by atoms with Gasteiger partial charge >= 0.3 is 5.97 Å². The van der Waals surface area contributed by atoms with Crippen LogP contribution in [0.5, 0.6) is 0 Å². The first-order chi connectivity index (χ1) is 9.63. The number of carboxylic acid groups (broad SMARTS) is 1. The zero-order valence-corrected chi connectivity index (χ0v) is 12.0. The smallest absolute Gasteiger partial charge is 0.307 e. The molecule has 1 fully saturated rings. The Morgan fingerprint density at radius 3 is 3.05 bits per heavy atom. The van der Waals surface area contributed by atoms with Crippen molar-refractivity contribution < 1.29 is 9.90 Å². The van der Waals surface area contributed by atoms with E-state index < -0.39 is 5.97 Å². The number of anilines is 1. The second kappa shape index (κ2) is 5.44. The third kappa shape index (κ3) is 2.66. The van der Waals surface area contributed by atoms with Gasteiger partial charge in [-0.2, -0.15) is 0 Å². The maximum atomic E-state index is 11.1. The van der Waals surface area contributed by atoms with Gasteiger partial charge in [-0.05, 0) is 43.0 Å². The van der Waals surface area contributed by atoms with E-state index in [0.29, 0.717) is 6.54 Å². The van der Waals surface area contributed by atoms with Crippen LogP contribution in [0.15, 0.2) is 18.2 Å². The summed E-state index contributed by atoms with van der Waals surface area (Å²) < 4.78 is 0. The van der Waals surface area contributed by atoms with Crippen molar-refractivity contribution in [3.05, 3.63) is 29.3 Å². The van der Waals surface area contributed by atoms with Gasteiger partial charge in [-0.3, -0.25) is 9.69 Å². The first kappa shape index (κ1) is 13.4. The Hall–Kier alpha value is -1.55. The first-order valence-corrected chi connectivity index (χ1v) is 7.41. The van der Waals surface area contributed by atoms with Crippen molar-refractivity contribution in [2.24, 2.45) is 5.92 Å². The number of piperidine rings is 1. The first-order valence-electron chi connectivity index (χ1n) is 7.41. The molecule has 1 saturated heterocycles. The molecule has 1 aromatic rings. The molecule has 0 spiro atoms. The normalized spacial score (nSPS) is 22.9. The molecule has 4 heteroatoms. The van der Waals surface area contributed by atoms with E-state index in [1.807, 2.05) is 0 Å². The molecule has 2 aliphatic heterocycles. The van der Waals surface area contributed by atoms with Gasteiger partial charge in [0, 0.05) is 32.4 Å². The number of fused-ring (bicyclic) bond motifs is 1. The molecule has 1 aromatic carbocycles. The number of aliphatic carboxylic acids is 1. The van der Waals surface area contributed by atoms with Crippen molar-refractivity contribution in [2.45, 2.75) is 25.8 Å². The van der Waals surface area contributed by atoms with E-state index in [2.05, 4.69) is 35.0 Å². The van der Waals surface area contributed by atoms with Crippen molar-refractivity contribution in [3.8, 4) is 0 Å². The monoisotopic (exact) mass is 274 g/mol. The molecule has 1 unspecified atom stereocenters. The highest BCUT2D eigenvalue weighted by Crippen LogP contribution is 2.28. The van der Waals surface area contributed by atoms with Crippen LogP contribution in [0, 0.1) is 5.92 Å². The Labute approximate surface area is 120 Å². The van der Waals surface area contributed by atoms with Crippen LogP contribution in [0.4, 0.5) is 5.69 Å². The Morgan fingerprint density at radius 1 is 1.40 bits per heavy atom. The summed E-state index contributed by atoms with van der Waals surface area (Å²) in [6, 6.07) is 6.69. The lowest BCUT2D eigenvalue weighted by molar-refractivity contribution is -0.143. The molecule has 108 valence electrons. The lowest BCUT2D eigenvalue weighted by Gasteiger charge is -2.30. The second-order valence-electron chi connectivity index (χ2n) is 6.05. The van der Waals surface area contributed by atoms with E-state index in [9.17, 15) is 4.79 Å². The predicted octanol–water partition coefficient (Wildman–Crippen LogP) is 1.98. The summed E-state index contributed by atoms with van der Waals surface area (Å²) in [6.07, 6.45) is 2.93. The molecule has 4 nitrogen and oxygen atoms in total. The minimum absolute atomic E-state index is 0.190. The van der Waals surface area contributed by atoms with Crippen LogP contribution < -0.4 is 4.90 Å². The van der Waals surface area contributed by atoms with E-state index in [-0.39, 0.29) is 5.92 Å². The molecule has 0 aromatic heterocycles. The number of carboxylic acids is 1. The molecule has 20 heavy (non-hydrogen) atoms. The summed E-state index contributed by atoms with van der Waals surface area (Å²) in [5, 5.41) is 9.15. The van der Waals surface area contributed by atoms with Crippen LogP contribution in [0.2, 0.25) is 0 Å². The van der Waals surface area contributed by atoms with Gasteiger partial charge in [0.15, 0.2) is 0 Å². The number of benzene rings is 1. The molecular weight excluding hydrogens is 252 g/mol. The number of hydrogen-bond acceptors (Lipinski definition) is 3. The number of hydrogen-bond donors (Lipinski definition) is 1. The fourth-order valence-electron chi connectivity index (χ4n) is 3.38. The summed E-state index contributed by atoms with van der Waals surface area (Å²) in [5.41, 5.74) is 4.08. The molecule has 0 radical (unpaired) electrons. The fraction of sp³-hybridized carbons (Fsp3) is 0.562. The van der Waals surface area contributed by atoms with E-state index in [4.69, 9.17) is 5.11 Å². The molecular formula is C16H22N2O2. The van der Waals surface area contributed by atoms with E-state index >= 15 is 0 Å². The van der Waals surface area contributed by atoms with Gasteiger partial charge in [0.1, 0.15) is 0 Å². The van der Waals surface area contributed by atoms with E-state index in [0.717, 1.165) is 38.9 Å². The van der Waals surface area contributed by atoms with Gasteiger partial charge < -0.3 is 10.0 Å². The van der Waals surface area contributed by atoms with Gasteiger partial charge in [0.05, 0.1) is 5.92 Å². The Bertz CT molecular complexity index is 515. The van der Waals surface area contributed by atoms with Crippen LogP contribution in [0.25, 0.3) is 0 Å². The minimum Gasteiger partial charge on any atom is -0.481 e. The quantitative estimate of drug-likeness (QED) is 0.915. The topological polar surface area (TPSA) is 43.8 Å². The molecule has 0 saturated carbocycles. The molecule has 0 amide bonds. The second-order valence-corrected chi connectivity index (χ2v) is 6.05. The SMILES string of the molecule is CN1CCc2cc(CN3CCCC(C(=O)O)C3)ccc21. The van der Waals surface area contributed by atoms with Gasteiger partial charge in [0.25, 0.3) is 0 Å². The van der Waals surface area contributed by atoms with Crippen LogP contribution in [-0.4, -0.2) is 42.7 Å². The highest BCUT2D eigenvalue weighted by Gasteiger charge is 2.25. The van der Waals surface area contributed by atoms with E-state index in [1.165, 1.54) is 16.8 Å². The third-order valence-electron chi connectivity index (χ3n) is 4.53. The van der Waals surface area contributed by atoms with Crippen LogP contribution >= 0.6 is 0 Å². The number of likely N-dealkylation sites (N-methyl/N-ethyl adjacent to an activating group) is 1. The number of rotatable bonds is 3. The molecule has 1 N–H and O–H groups in total. The van der Waals surface area contributed by atoms with Crippen LogP contribution in [0.1, 0.15) is 24.0 Å². The zero-order chi connectivity index (χ0) is 14.1. The number of carbonyl (C=O) groups is 1. The molecule has 3 rings (SSSR count). The molecule has 0 bridgehead atoms. The highest BCUT2D eigenvalue weighted by molar-refractivity contribution is 5.70. The van der Waals surface area contributed by atoms with Crippen molar-refractivity contribution in [1.29, 1.82) is 0 Å². The van der Waals surface area contributed by atoms with Crippen molar-refractivity contribution in [2.75, 3.05) is 31.6 Å². The number of likely N-dealkylation sites (tertiary alicyclic amines) is 1. The Morgan fingerprint density at radius 2 is 2.25 bits per heavy atom. The predicted molar refractivity (Wildman–Crippen MR) is 79.1 cm³/mol. The van der Waals surface area contributed by atoms with Crippen LogP contribution in [0.3, 0.4) is 0 Å². The maximum Gasteiger partial charge on any atom is 0.307 e. The lowest BCUT2D eigenvalue weighted by atomic mass is 9.97. The van der Waals surface area contributed by atoms with Gasteiger partial charge in [0.2, 0.25) is 0 Å². The maximum absolute atomic E-state index is 11.1. The molecule has 0 aliphatic carbocycles. The minimum atomic E-state index is -0.648. The lowest BCUT2D eigenvalue weighted by Crippen LogP contribution is -2.38. The summed E-state index contributed by atoms with van der Waals surface area (Å²) >= 11 is 0. The summed E-state index contributed by atoms with van der Waals surface area (Å²) in [6.45, 7) is 3.68. The summed E-state index contributed by atoms with van der Waals surface area (Å²) in [4.78, 5) is 15.7. The Kier molecular flexibility index (Phi) is 3.66. The van der Waals surface area contributed by atoms with Gasteiger partial charge in [-0.15, -0.1) is 0 Å². The highest BCUT2D eigenvalue weighted by atomic mass is 16.4. The largest absolute Gasteiger partial charge is 0.481 e. The van der Waals surface area contributed by atoms with Crippen LogP contribution in [-0.2, 0) is 17.8 Å². The van der Waals surface area contributed by atoms with Gasteiger partial charge in [-0.1, -0.05) is 12.1 Å². The van der Waals surface area contributed by atoms with Crippen molar-refractivity contribution >= 4 is 11.7 Å². The third-order valence-corrected chi connectivity index (χ3v) is 4.53.